The van der Waals surface area contributed by atoms with E-state index in [0.717, 1.165) is 56.5 Å². The molecule has 128 valence electrons. The molecule has 24 heavy (non-hydrogen) atoms. The average Bonchev–Trinajstić information content (AvgIpc) is 3.21. The van der Waals surface area contributed by atoms with E-state index in [1.165, 1.54) is 0 Å². The number of benzene rings is 1. The van der Waals surface area contributed by atoms with Crippen LogP contribution in [0.1, 0.15) is 25.7 Å². The van der Waals surface area contributed by atoms with Gasteiger partial charge in [-0.3, -0.25) is 15.0 Å². The molecule has 2 N–H and O–H groups in total. The molecule has 0 spiro atoms. The van der Waals surface area contributed by atoms with E-state index in [2.05, 4.69) is 20.2 Å². The van der Waals surface area contributed by atoms with Gasteiger partial charge in [-0.2, -0.15) is 0 Å². The summed E-state index contributed by atoms with van der Waals surface area (Å²) in [6.45, 7) is 2.57. The number of nitrogens with zero attached hydrogens (tertiary/aromatic N) is 2. The Morgan fingerprint density at radius 2 is 2.17 bits per heavy atom. The number of anilines is 1. The van der Waals surface area contributed by atoms with E-state index in [1.54, 1.807) is 12.1 Å². The Morgan fingerprint density at radius 3 is 3.00 bits per heavy atom. The van der Waals surface area contributed by atoms with Crippen LogP contribution in [0.5, 0.6) is 0 Å². The molecule has 0 saturated carbocycles. The van der Waals surface area contributed by atoms with E-state index in [1.807, 2.05) is 6.07 Å². The molecule has 3 heterocycles. The summed E-state index contributed by atoms with van der Waals surface area (Å²) in [4.78, 5) is 22.6. The number of hydrogen-bond donors (Lipinski definition) is 2. The number of halogens is 1. The Hall–Kier alpha value is -1.63. The molecule has 0 radical (unpaired) electrons. The molecular formula is C17H21ClN4O2. The molecular weight excluding hydrogens is 328 g/mol. The lowest BCUT2D eigenvalue weighted by Crippen LogP contribution is -2.47. The molecule has 6 nitrogen and oxygen atoms in total. The van der Waals surface area contributed by atoms with Gasteiger partial charge in [0.2, 0.25) is 11.9 Å². The van der Waals surface area contributed by atoms with E-state index in [-0.39, 0.29) is 11.9 Å². The maximum atomic E-state index is 12.7. The lowest BCUT2D eigenvalue weighted by Gasteiger charge is -2.34. The summed E-state index contributed by atoms with van der Waals surface area (Å²) in [5.41, 5.74) is 1.62. The van der Waals surface area contributed by atoms with Crippen molar-refractivity contribution in [3.05, 3.63) is 23.2 Å². The van der Waals surface area contributed by atoms with Gasteiger partial charge in [-0.25, -0.2) is 4.98 Å². The van der Waals surface area contributed by atoms with Crippen LogP contribution in [0.15, 0.2) is 18.2 Å². The molecule has 2 fully saturated rings. The van der Waals surface area contributed by atoms with Gasteiger partial charge < -0.3 is 9.72 Å². The van der Waals surface area contributed by atoms with Crippen molar-refractivity contribution >= 4 is 34.5 Å². The van der Waals surface area contributed by atoms with Crippen LogP contribution >= 0.6 is 11.6 Å². The van der Waals surface area contributed by atoms with Crippen LogP contribution < -0.4 is 5.32 Å². The van der Waals surface area contributed by atoms with E-state index in [9.17, 15) is 4.79 Å². The number of H-pyrrole nitrogens is 1. The highest BCUT2D eigenvalue weighted by atomic mass is 35.5. The fraction of sp³-hybridized carbons (Fsp3) is 0.529. The quantitative estimate of drug-likeness (QED) is 0.894. The van der Waals surface area contributed by atoms with Crippen molar-refractivity contribution in [2.24, 2.45) is 0 Å². The predicted octanol–water partition coefficient (Wildman–Crippen LogP) is 2.80. The maximum Gasteiger partial charge on any atom is 0.244 e. The summed E-state index contributed by atoms with van der Waals surface area (Å²) in [5.74, 6) is 0.500. The Kier molecular flexibility index (Phi) is 4.43. The van der Waals surface area contributed by atoms with Crippen molar-refractivity contribution in [2.45, 2.75) is 37.8 Å². The van der Waals surface area contributed by atoms with E-state index in [0.29, 0.717) is 17.0 Å². The standard InChI is InChI=1S/C17H21ClN4O2/c18-11-3-4-13-14(10-11)20-17(19-13)21-16(23)15-2-1-7-22(15)12-5-8-24-9-6-12/h3-4,10,12,15H,1-2,5-9H2,(H2,19,20,21,23)/t15-/m0/s1. The SMILES string of the molecule is O=C(Nc1nc2cc(Cl)ccc2[nH]1)[C@@H]1CCCN1C1CCOCC1. The van der Waals surface area contributed by atoms with Crippen LogP contribution in [-0.2, 0) is 9.53 Å². The summed E-state index contributed by atoms with van der Waals surface area (Å²) >= 11 is 5.98. The molecule has 7 heteroatoms. The van der Waals surface area contributed by atoms with E-state index < -0.39 is 0 Å². The number of ether oxygens (including phenoxy) is 1. The fourth-order valence-electron chi connectivity index (χ4n) is 3.76. The number of carbonyl (C=O) groups excluding carboxylic acids is 1. The molecule has 1 aromatic carbocycles. The molecule has 0 aliphatic carbocycles. The van der Waals surface area contributed by atoms with Crippen LogP contribution in [0, 0.1) is 0 Å². The van der Waals surface area contributed by atoms with Crippen LogP contribution in [0.3, 0.4) is 0 Å². The molecule has 4 rings (SSSR count). The lowest BCUT2D eigenvalue weighted by molar-refractivity contribution is -0.121. The van der Waals surface area contributed by atoms with Crippen molar-refractivity contribution in [1.29, 1.82) is 0 Å². The number of fused-ring (bicyclic) bond motifs is 1. The third-order valence-electron chi connectivity index (χ3n) is 4.94. The van der Waals surface area contributed by atoms with Crippen LogP contribution in [0.25, 0.3) is 11.0 Å². The monoisotopic (exact) mass is 348 g/mol. The Labute approximate surface area is 145 Å². The number of imidazole rings is 1. The first-order valence-corrected chi connectivity index (χ1v) is 8.88. The van der Waals surface area contributed by atoms with Crippen molar-refractivity contribution in [3.8, 4) is 0 Å². The number of carbonyl (C=O) groups is 1. The second-order valence-corrected chi connectivity index (χ2v) is 6.91. The fourth-order valence-corrected chi connectivity index (χ4v) is 3.93. The molecule has 0 unspecified atom stereocenters. The molecule has 1 aromatic heterocycles. The predicted molar refractivity (Wildman–Crippen MR) is 93.3 cm³/mol. The van der Waals surface area contributed by atoms with Crippen molar-refractivity contribution < 1.29 is 9.53 Å². The Bertz CT molecular complexity index is 741. The number of aromatic amines is 1. The number of rotatable bonds is 3. The van der Waals surface area contributed by atoms with E-state index >= 15 is 0 Å². The van der Waals surface area contributed by atoms with E-state index in [4.69, 9.17) is 16.3 Å². The number of nitrogens with one attached hydrogen (secondary N) is 2. The summed E-state index contributed by atoms with van der Waals surface area (Å²) < 4.78 is 5.44. The zero-order valence-electron chi connectivity index (χ0n) is 13.4. The van der Waals surface area contributed by atoms with Gasteiger partial charge in [-0.05, 0) is 50.4 Å². The number of aromatic nitrogens is 2. The summed E-state index contributed by atoms with van der Waals surface area (Å²) in [6, 6.07) is 5.82. The number of amides is 1. The van der Waals surface area contributed by atoms with Gasteiger partial charge >= 0.3 is 0 Å². The van der Waals surface area contributed by atoms with Gasteiger partial charge in [0, 0.05) is 24.3 Å². The first kappa shape index (κ1) is 15.9. The molecule has 2 aromatic rings. The van der Waals surface area contributed by atoms with Crippen LogP contribution in [-0.4, -0.2) is 52.6 Å². The lowest BCUT2D eigenvalue weighted by atomic mass is 10.1. The largest absolute Gasteiger partial charge is 0.381 e. The highest BCUT2D eigenvalue weighted by Gasteiger charge is 2.36. The van der Waals surface area contributed by atoms with Crippen molar-refractivity contribution in [1.82, 2.24) is 14.9 Å². The topological polar surface area (TPSA) is 70.2 Å². The molecule has 2 aliphatic rings. The van der Waals surface area contributed by atoms with Gasteiger partial charge in [0.15, 0.2) is 0 Å². The second-order valence-electron chi connectivity index (χ2n) is 6.48. The van der Waals surface area contributed by atoms with Crippen LogP contribution in [0.2, 0.25) is 5.02 Å². The normalized spacial score (nSPS) is 23.0. The molecule has 2 aliphatic heterocycles. The number of likely N-dealkylation sites (tertiary alicyclic amines) is 1. The first-order chi connectivity index (χ1) is 11.7. The summed E-state index contributed by atoms with van der Waals surface area (Å²) in [7, 11) is 0. The minimum Gasteiger partial charge on any atom is -0.381 e. The zero-order valence-corrected chi connectivity index (χ0v) is 14.2. The second kappa shape index (κ2) is 6.70. The first-order valence-electron chi connectivity index (χ1n) is 8.50. The van der Waals surface area contributed by atoms with Crippen molar-refractivity contribution in [2.75, 3.05) is 25.1 Å². The summed E-state index contributed by atoms with van der Waals surface area (Å²) in [5, 5.41) is 3.57. The highest BCUT2D eigenvalue weighted by molar-refractivity contribution is 6.31. The summed E-state index contributed by atoms with van der Waals surface area (Å²) in [6.07, 6.45) is 3.97. The van der Waals surface area contributed by atoms with Crippen molar-refractivity contribution in [3.63, 3.8) is 0 Å². The molecule has 1 amide bonds. The highest BCUT2D eigenvalue weighted by Crippen LogP contribution is 2.26. The van der Waals surface area contributed by atoms with Crippen LogP contribution in [0.4, 0.5) is 5.95 Å². The van der Waals surface area contributed by atoms with Gasteiger partial charge in [-0.15, -0.1) is 0 Å². The van der Waals surface area contributed by atoms with Gasteiger partial charge in [0.05, 0.1) is 17.1 Å². The maximum absolute atomic E-state index is 12.7. The Morgan fingerprint density at radius 1 is 1.33 bits per heavy atom. The third kappa shape index (κ3) is 3.14. The molecule has 0 bridgehead atoms. The molecule has 1 atom stereocenters. The van der Waals surface area contributed by atoms with Gasteiger partial charge in [0.1, 0.15) is 0 Å². The molecule has 2 saturated heterocycles. The smallest absolute Gasteiger partial charge is 0.244 e. The Balaban J connectivity index is 1.47. The number of hydrogen-bond acceptors (Lipinski definition) is 4. The minimum absolute atomic E-state index is 0.0177. The average molecular weight is 349 g/mol. The minimum atomic E-state index is -0.0788. The zero-order chi connectivity index (χ0) is 16.5. The van der Waals surface area contributed by atoms with Gasteiger partial charge in [0.25, 0.3) is 0 Å². The van der Waals surface area contributed by atoms with Gasteiger partial charge in [-0.1, -0.05) is 11.6 Å². The third-order valence-corrected chi connectivity index (χ3v) is 5.18.